The van der Waals surface area contributed by atoms with Crippen LogP contribution in [0.5, 0.6) is 5.75 Å². The van der Waals surface area contributed by atoms with Gasteiger partial charge in [0.2, 0.25) is 10.0 Å². The zero-order chi connectivity index (χ0) is 19.4. The number of methoxy groups -OCH3 is 1. The first-order valence-corrected chi connectivity index (χ1v) is 10.1. The molecule has 3 rings (SSSR count). The standard InChI is InChI=1S/C21H22N2O3S/c1-15-6-4-9-19(12-15)27(24,25)23-16(2)17-7-5-8-18(13-17)20-10-11-22-14-21(20)26-3/h4-14,16,23H,1-3H3/t16-/m0/s1. The Labute approximate surface area is 160 Å². The van der Waals surface area contributed by atoms with Crippen LogP contribution in [0.2, 0.25) is 0 Å². The Morgan fingerprint density at radius 2 is 1.85 bits per heavy atom. The van der Waals surface area contributed by atoms with E-state index < -0.39 is 10.0 Å². The summed E-state index contributed by atoms with van der Waals surface area (Å²) in [4.78, 5) is 4.34. The quantitative estimate of drug-likeness (QED) is 0.697. The normalized spacial score (nSPS) is 12.6. The first kappa shape index (κ1) is 19.1. The van der Waals surface area contributed by atoms with Crippen LogP contribution in [0.4, 0.5) is 0 Å². The molecule has 1 heterocycles. The van der Waals surface area contributed by atoms with Gasteiger partial charge in [0.25, 0.3) is 0 Å². The average Bonchev–Trinajstić information content (AvgIpc) is 2.67. The zero-order valence-electron chi connectivity index (χ0n) is 15.5. The van der Waals surface area contributed by atoms with Crippen LogP contribution in [0.25, 0.3) is 11.1 Å². The predicted molar refractivity (Wildman–Crippen MR) is 106 cm³/mol. The van der Waals surface area contributed by atoms with Gasteiger partial charge in [-0.3, -0.25) is 4.98 Å². The molecule has 0 aliphatic carbocycles. The monoisotopic (exact) mass is 382 g/mol. The van der Waals surface area contributed by atoms with Crippen LogP contribution in [-0.2, 0) is 10.0 Å². The Morgan fingerprint density at radius 1 is 1.07 bits per heavy atom. The second-order valence-electron chi connectivity index (χ2n) is 6.36. The Kier molecular flexibility index (Phi) is 5.58. The fourth-order valence-electron chi connectivity index (χ4n) is 2.91. The van der Waals surface area contributed by atoms with E-state index in [-0.39, 0.29) is 10.9 Å². The van der Waals surface area contributed by atoms with E-state index in [1.807, 2.05) is 50.2 Å². The molecule has 1 aromatic heterocycles. The third-order valence-corrected chi connectivity index (χ3v) is 5.87. The second-order valence-corrected chi connectivity index (χ2v) is 8.07. The molecule has 0 radical (unpaired) electrons. The Hall–Kier alpha value is -2.70. The van der Waals surface area contributed by atoms with Crippen LogP contribution in [-0.4, -0.2) is 20.5 Å². The van der Waals surface area contributed by atoms with Gasteiger partial charge in [0.1, 0.15) is 5.75 Å². The summed E-state index contributed by atoms with van der Waals surface area (Å²) >= 11 is 0. The van der Waals surface area contributed by atoms with Crippen molar-refractivity contribution in [1.82, 2.24) is 9.71 Å². The highest BCUT2D eigenvalue weighted by atomic mass is 32.2. The SMILES string of the molecule is COc1cnccc1-c1cccc([C@H](C)NS(=O)(=O)c2cccc(C)c2)c1. The molecule has 3 aromatic rings. The summed E-state index contributed by atoms with van der Waals surface area (Å²) in [5, 5.41) is 0. The summed E-state index contributed by atoms with van der Waals surface area (Å²) in [7, 11) is -2.00. The molecular weight excluding hydrogens is 360 g/mol. The predicted octanol–water partition coefficient (Wildman–Crippen LogP) is 4.11. The van der Waals surface area contributed by atoms with E-state index in [0.717, 1.165) is 22.3 Å². The van der Waals surface area contributed by atoms with Crippen molar-refractivity contribution >= 4 is 10.0 Å². The topological polar surface area (TPSA) is 68.3 Å². The number of nitrogens with one attached hydrogen (secondary N) is 1. The minimum absolute atomic E-state index is 0.265. The van der Waals surface area contributed by atoms with Gasteiger partial charge < -0.3 is 4.74 Å². The van der Waals surface area contributed by atoms with E-state index in [1.165, 1.54) is 0 Å². The molecule has 0 aliphatic rings. The Balaban J connectivity index is 1.89. The average molecular weight is 382 g/mol. The number of pyridine rings is 1. The first-order chi connectivity index (χ1) is 12.9. The maximum absolute atomic E-state index is 12.7. The van der Waals surface area contributed by atoms with Crippen LogP contribution < -0.4 is 9.46 Å². The van der Waals surface area contributed by atoms with E-state index in [9.17, 15) is 8.42 Å². The van der Waals surface area contributed by atoms with Crippen molar-refractivity contribution in [3.05, 3.63) is 78.1 Å². The molecule has 1 N–H and O–H groups in total. The third kappa shape index (κ3) is 4.35. The van der Waals surface area contributed by atoms with Crippen molar-refractivity contribution in [3.8, 4) is 16.9 Å². The highest BCUT2D eigenvalue weighted by Gasteiger charge is 2.19. The molecule has 0 saturated heterocycles. The maximum atomic E-state index is 12.7. The Bertz CT molecular complexity index is 1050. The Morgan fingerprint density at radius 3 is 2.59 bits per heavy atom. The van der Waals surface area contributed by atoms with Crippen LogP contribution in [0.3, 0.4) is 0 Å². The zero-order valence-corrected chi connectivity index (χ0v) is 16.3. The number of sulfonamides is 1. The molecule has 140 valence electrons. The summed E-state index contributed by atoms with van der Waals surface area (Å²) in [6, 6.07) is 16.1. The largest absolute Gasteiger partial charge is 0.494 e. The lowest BCUT2D eigenvalue weighted by Crippen LogP contribution is -2.27. The summed E-state index contributed by atoms with van der Waals surface area (Å²) in [5.41, 5.74) is 3.61. The lowest BCUT2D eigenvalue weighted by Gasteiger charge is -2.16. The van der Waals surface area contributed by atoms with E-state index in [1.54, 1.807) is 37.7 Å². The molecule has 0 spiro atoms. The van der Waals surface area contributed by atoms with Crippen LogP contribution >= 0.6 is 0 Å². The van der Waals surface area contributed by atoms with Gasteiger partial charge in [0.15, 0.2) is 0 Å². The summed E-state index contributed by atoms with van der Waals surface area (Å²) in [6.45, 7) is 3.70. The van der Waals surface area contributed by atoms with Crippen molar-refractivity contribution in [2.75, 3.05) is 7.11 Å². The second kappa shape index (κ2) is 7.90. The van der Waals surface area contributed by atoms with Crippen LogP contribution in [0.15, 0.2) is 71.9 Å². The van der Waals surface area contributed by atoms with E-state index in [0.29, 0.717) is 5.75 Å². The van der Waals surface area contributed by atoms with E-state index in [2.05, 4.69) is 9.71 Å². The lowest BCUT2D eigenvalue weighted by molar-refractivity contribution is 0.414. The van der Waals surface area contributed by atoms with Crippen LogP contribution in [0, 0.1) is 6.92 Å². The van der Waals surface area contributed by atoms with E-state index >= 15 is 0 Å². The first-order valence-electron chi connectivity index (χ1n) is 8.58. The number of aromatic nitrogens is 1. The van der Waals surface area contributed by atoms with Gasteiger partial charge in [-0.25, -0.2) is 13.1 Å². The van der Waals surface area contributed by atoms with Gasteiger partial charge in [-0.2, -0.15) is 0 Å². The van der Waals surface area contributed by atoms with Crippen molar-refractivity contribution in [2.24, 2.45) is 0 Å². The molecule has 0 unspecified atom stereocenters. The molecule has 6 heteroatoms. The van der Waals surface area contributed by atoms with Gasteiger partial charge in [0, 0.05) is 17.8 Å². The molecule has 1 atom stereocenters. The fourth-order valence-corrected chi connectivity index (χ4v) is 4.24. The highest BCUT2D eigenvalue weighted by molar-refractivity contribution is 7.89. The number of hydrogen-bond acceptors (Lipinski definition) is 4. The minimum atomic E-state index is -3.61. The summed E-state index contributed by atoms with van der Waals surface area (Å²) in [5.74, 6) is 0.669. The number of benzene rings is 2. The third-order valence-electron chi connectivity index (χ3n) is 4.33. The smallest absolute Gasteiger partial charge is 0.241 e. The molecule has 0 saturated carbocycles. The van der Waals surface area contributed by atoms with Crippen molar-refractivity contribution < 1.29 is 13.2 Å². The molecule has 5 nitrogen and oxygen atoms in total. The summed E-state index contributed by atoms with van der Waals surface area (Å²) < 4.78 is 33.5. The number of nitrogens with zero attached hydrogens (tertiary/aromatic N) is 1. The maximum Gasteiger partial charge on any atom is 0.241 e. The molecule has 0 amide bonds. The lowest BCUT2D eigenvalue weighted by atomic mass is 10.0. The van der Waals surface area contributed by atoms with Gasteiger partial charge in [-0.1, -0.05) is 30.3 Å². The van der Waals surface area contributed by atoms with Crippen molar-refractivity contribution in [1.29, 1.82) is 0 Å². The van der Waals surface area contributed by atoms with Gasteiger partial charge in [-0.05, 0) is 54.8 Å². The molecule has 27 heavy (non-hydrogen) atoms. The molecule has 0 fully saturated rings. The number of ether oxygens (including phenoxy) is 1. The van der Waals surface area contributed by atoms with Gasteiger partial charge in [-0.15, -0.1) is 0 Å². The molecule has 0 bridgehead atoms. The highest BCUT2D eigenvalue weighted by Crippen LogP contribution is 2.30. The minimum Gasteiger partial charge on any atom is -0.494 e. The van der Waals surface area contributed by atoms with E-state index in [4.69, 9.17) is 4.74 Å². The van der Waals surface area contributed by atoms with Gasteiger partial charge in [0.05, 0.1) is 18.2 Å². The number of aryl methyl sites for hydroxylation is 1. The van der Waals surface area contributed by atoms with Gasteiger partial charge >= 0.3 is 0 Å². The summed E-state index contributed by atoms with van der Waals surface area (Å²) in [6.07, 6.45) is 3.36. The van der Waals surface area contributed by atoms with Crippen molar-refractivity contribution in [2.45, 2.75) is 24.8 Å². The van der Waals surface area contributed by atoms with Crippen molar-refractivity contribution in [3.63, 3.8) is 0 Å². The number of hydrogen-bond donors (Lipinski definition) is 1. The fraction of sp³-hybridized carbons (Fsp3) is 0.190. The number of rotatable bonds is 6. The molecule has 2 aromatic carbocycles. The van der Waals surface area contributed by atoms with Crippen LogP contribution in [0.1, 0.15) is 24.1 Å². The molecule has 0 aliphatic heterocycles. The molecular formula is C21H22N2O3S.